The Morgan fingerprint density at radius 1 is 1.19 bits per heavy atom. The summed E-state index contributed by atoms with van der Waals surface area (Å²) in [4.78, 5) is 15.6. The van der Waals surface area contributed by atoms with Crippen molar-refractivity contribution in [1.82, 2.24) is 25.5 Å². The van der Waals surface area contributed by atoms with E-state index in [0.717, 1.165) is 57.0 Å². The summed E-state index contributed by atoms with van der Waals surface area (Å²) in [6.45, 7) is 4.66. The number of carbonyl (C=O) groups excluding carboxylic acids is 1. The van der Waals surface area contributed by atoms with Crippen LogP contribution in [0.15, 0.2) is 24.3 Å². The molecular weight excluding hydrogens is 348 g/mol. The molecule has 0 spiro atoms. The Labute approximate surface area is 157 Å². The van der Waals surface area contributed by atoms with Gasteiger partial charge in [0.25, 0.3) is 0 Å². The van der Waals surface area contributed by atoms with Gasteiger partial charge in [0.05, 0.1) is 19.3 Å². The second-order valence-corrected chi connectivity index (χ2v) is 6.73. The Morgan fingerprint density at radius 2 is 2.00 bits per heavy atom. The summed E-state index contributed by atoms with van der Waals surface area (Å²) in [6.07, 6.45) is 2.17. The molecule has 2 saturated heterocycles. The average Bonchev–Trinajstić information content (AvgIpc) is 3.39. The Kier molecular flexibility index (Phi) is 5.59. The average molecular weight is 372 g/mol. The number of rotatable bonds is 6. The van der Waals surface area contributed by atoms with Crippen molar-refractivity contribution in [1.29, 1.82) is 0 Å². The quantitative estimate of drug-likeness (QED) is 0.788. The summed E-state index contributed by atoms with van der Waals surface area (Å²) >= 11 is 0. The van der Waals surface area contributed by atoms with Gasteiger partial charge < -0.3 is 19.7 Å². The maximum absolute atomic E-state index is 12.0. The van der Waals surface area contributed by atoms with Crippen LogP contribution in [0.5, 0.6) is 0 Å². The van der Waals surface area contributed by atoms with Crippen molar-refractivity contribution in [2.75, 3.05) is 44.4 Å². The van der Waals surface area contributed by atoms with Crippen LogP contribution in [-0.2, 0) is 20.8 Å². The third-order valence-electron chi connectivity index (χ3n) is 4.79. The molecule has 2 aliphatic rings. The van der Waals surface area contributed by atoms with Crippen LogP contribution < -0.4 is 10.2 Å². The molecule has 3 heterocycles. The first-order valence-corrected chi connectivity index (χ1v) is 9.37. The lowest BCUT2D eigenvalue weighted by molar-refractivity contribution is -0.122. The summed E-state index contributed by atoms with van der Waals surface area (Å²) in [7, 11) is 0. The van der Waals surface area contributed by atoms with Gasteiger partial charge in [-0.1, -0.05) is 0 Å². The highest BCUT2D eigenvalue weighted by Crippen LogP contribution is 2.21. The van der Waals surface area contributed by atoms with E-state index in [1.54, 1.807) is 0 Å². The van der Waals surface area contributed by atoms with Gasteiger partial charge in [0.1, 0.15) is 6.54 Å². The molecule has 0 saturated carbocycles. The van der Waals surface area contributed by atoms with Gasteiger partial charge in [-0.25, -0.2) is 0 Å². The van der Waals surface area contributed by atoms with Crippen molar-refractivity contribution in [3.05, 3.63) is 24.3 Å². The summed E-state index contributed by atoms with van der Waals surface area (Å²) < 4.78 is 10.9. The first-order chi connectivity index (χ1) is 13.3. The number of carbonyl (C=O) groups is 1. The van der Waals surface area contributed by atoms with E-state index in [4.69, 9.17) is 9.47 Å². The fourth-order valence-electron chi connectivity index (χ4n) is 3.29. The van der Waals surface area contributed by atoms with Crippen LogP contribution in [0.1, 0.15) is 12.8 Å². The van der Waals surface area contributed by atoms with Gasteiger partial charge in [0.2, 0.25) is 11.7 Å². The number of amides is 1. The Morgan fingerprint density at radius 3 is 2.74 bits per heavy atom. The fourth-order valence-corrected chi connectivity index (χ4v) is 3.29. The number of hydrogen-bond donors (Lipinski definition) is 1. The number of tetrazole rings is 1. The van der Waals surface area contributed by atoms with Crippen LogP contribution in [0.4, 0.5) is 5.69 Å². The molecule has 1 atom stereocenters. The Bertz CT molecular complexity index is 751. The number of morpholine rings is 1. The number of anilines is 1. The normalized spacial score (nSPS) is 20.0. The third kappa shape index (κ3) is 4.61. The molecule has 0 radical (unpaired) electrons. The molecule has 0 aliphatic carbocycles. The minimum atomic E-state index is -0.142. The number of aromatic nitrogens is 4. The summed E-state index contributed by atoms with van der Waals surface area (Å²) in [5, 5.41) is 15.2. The molecule has 2 aromatic rings. The minimum Gasteiger partial charge on any atom is -0.378 e. The van der Waals surface area contributed by atoms with Crippen molar-refractivity contribution in [2.45, 2.75) is 25.5 Å². The molecule has 1 unspecified atom stereocenters. The van der Waals surface area contributed by atoms with E-state index >= 15 is 0 Å². The molecule has 2 aliphatic heterocycles. The highest BCUT2D eigenvalue weighted by atomic mass is 16.5. The van der Waals surface area contributed by atoms with E-state index in [1.165, 1.54) is 4.80 Å². The van der Waals surface area contributed by atoms with Crippen LogP contribution in [0.2, 0.25) is 0 Å². The Balaban J connectivity index is 1.32. The van der Waals surface area contributed by atoms with Crippen LogP contribution in [-0.4, -0.2) is 71.7 Å². The maximum Gasteiger partial charge on any atom is 0.243 e. The first-order valence-electron chi connectivity index (χ1n) is 9.37. The van der Waals surface area contributed by atoms with Crippen LogP contribution in [0, 0.1) is 0 Å². The molecule has 2 fully saturated rings. The molecule has 1 N–H and O–H groups in total. The van der Waals surface area contributed by atoms with Gasteiger partial charge in [-0.3, -0.25) is 4.79 Å². The first kappa shape index (κ1) is 17.9. The molecule has 9 nitrogen and oxygen atoms in total. The van der Waals surface area contributed by atoms with E-state index in [9.17, 15) is 4.79 Å². The zero-order chi connectivity index (χ0) is 18.5. The van der Waals surface area contributed by atoms with E-state index in [2.05, 4.69) is 37.8 Å². The zero-order valence-electron chi connectivity index (χ0n) is 15.2. The minimum absolute atomic E-state index is 0.0472. The molecule has 1 aromatic carbocycles. The van der Waals surface area contributed by atoms with Gasteiger partial charge in [-0.15, -0.1) is 10.2 Å². The fraction of sp³-hybridized carbons (Fsp3) is 0.556. The standard InChI is InChI=1S/C18H24N6O3/c25-17(19-12-16-2-1-9-27-16)13-24-21-18(20-22-24)14-3-5-15(6-4-14)23-7-10-26-11-8-23/h3-6,16H,1-2,7-13H2,(H,19,25). The van der Waals surface area contributed by atoms with E-state index < -0.39 is 0 Å². The number of nitrogens with one attached hydrogen (secondary N) is 1. The zero-order valence-corrected chi connectivity index (χ0v) is 15.2. The van der Waals surface area contributed by atoms with Gasteiger partial charge in [-0.2, -0.15) is 4.80 Å². The number of hydrogen-bond acceptors (Lipinski definition) is 7. The van der Waals surface area contributed by atoms with Gasteiger partial charge in [0, 0.05) is 37.5 Å². The van der Waals surface area contributed by atoms with Crippen molar-refractivity contribution in [3.63, 3.8) is 0 Å². The predicted molar refractivity (Wildman–Crippen MR) is 98.3 cm³/mol. The maximum atomic E-state index is 12.0. The Hall–Kier alpha value is -2.52. The van der Waals surface area contributed by atoms with E-state index in [1.807, 2.05) is 12.1 Å². The van der Waals surface area contributed by atoms with Crippen LogP contribution >= 0.6 is 0 Å². The predicted octanol–water partition coefficient (Wildman–Crippen LogP) is 0.472. The third-order valence-corrected chi connectivity index (χ3v) is 4.79. The number of ether oxygens (including phenoxy) is 2. The summed E-state index contributed by atoms with van der Waals surface area (Å²) in [5.41, 5.74) is 2.03. The van der Waals surface area contributed by atoms with Gasteiger partial charge in [-0.05, 0) is 42.3 Å². The van der Waals surface area contributed by atoms with Crippen molar-refractivity contribution < 1.29 is 14.3 Å². The summed E-state index contributed by atoms with van der Waals surface area (Å²) in [5.74, 6) is 0.368. The smallest absolute Gasteiger partial charge is 0.243 e. The van der Waals surface area contributed by atoms with Crippen molar-refractivity contribution in [2.24, 2.45) is 0 Å². The molecule has 4 rings (SSSR count). The van der Waals surface area contributed by atoms with Gasteiger partial charge >= 0.3 is 0 Å². The molecule has 1 amide bonds. The summed E-state index contributed by atoms with van der Waals surface area (Å²) in [6, 6.07) is 8.05. The number of nitrogens with zero attached hydrogens (tertiary/aromatic N) is 5. The SMILES string of the molecule is O=C(Cn1nnc(-c2ccc(N3CCOCC3)cc2)n1)NCC1CCCO1. The molecule has 9 heteroatoms. The monoisotopic (exact) mass is 372 g/mol. The molecule has 1 aromatic heterocycles. The number of benzene rings is 1. The lowest BCUT2D eigenvalue weighted by atomic mass is 10.2. The topological polar surface area (TPSA) is 94.4 Å². The highest BCUT2D eigenvalue weighted by Gasteiger charge is 2.17. The van der Waals surface area contributed by atoms with Gasteiger partial charge in [0.15, 0.2) is 0 Å². The molecule has 0 bridgehead atoms. The van der Waals surface area contributed by atoms with Crippen molar-refractivity contribution >= 4 is 11.6 Å². The van der Waals surface area contributed by atoms with Crippen LogP contribution in [0.25, 0.3) is 11.4 Å². The molecule has 144 valence electrons. The second kappa shape index (κ2) is 8.45. The van der Waals surface area contributed by atoms with E-state index in [-0.39, 0.29) is 18.6 Å². The molecule has 27 heavy (non-hydrogen) atoms. The second-order valence-electron chi connectivity index (χ2n) is 6.73. The molecular formula is C18H24N6O3. The van der Waals surface area contributed by atoms with Crippen molar-refractivity contribution in [3.8, 4) is 11.4 Å². The lowest BCUT2D eigenvalue weighted by Crippen LogP contribution is -2.36. The largest absolute Gasteiger partial charge is 0.378 e. The van der Waals surface area contributed by atoms with E-state index in [0.29, 0.717) is 12.4 Å². The lowest BCUT2D eigenvalue weighted by Gasteiger charge is -2.28. The highest BCUT2D eigenvalue weighted by molar-refractivity contribution is 5.75. The van der Waals surface area contributed by atoms with Crippen LogP contribution in [0.3, 0.4) is 0 Å².